The Kier molecular flexibility index (Phi) is 5.20. The molecule has 1 amide bonds. The monoisotopic (exact) mass is 426 g/mol. The zero-order chi connectivity index (χ0) is 22.1. The molecule has 1 aliphatic heterocycles. The first kappa shape index (κ1) is 20.2. The fraction of sp³-hybridized carbons (Fsp3) is 0.143. The average Bonchev–Trinajstić information content (AvgIpc) is 3.17. The first-order valence-electron chi connectivity index (χ1n) is 9.14. The SMILES string of the molecule is COC(=O)c1nnc(-c2c(F)cccc2F)cc1Nc1ccc2c(c1)CN(C(=O)O)C2. The molecule has 0 atom stereocenters. The topological polar surface area (TPSA) is 105 Å². The molecule has 0 unspecified atom stereocenters. The summed E-state index contributed by atoms with van der Waals surface area (Å²) in [4.78, 5) is 24.6. The van der Waals surface area contributed by atoms with Crippen molar-refractivity contribution in [2.24, 2.45) is 0 Å². The predicted molar refractivity (Wildman–Crippen MR) is 106 cm³/mol. The summed E-state index contributed by atoms with van der Waals surface area (Å²) in [5.74, 6) is -2.43. The normalized spacial score (nSPS) is 12.4. The summed E-state index contributed by atoms with van der Waals surface area (Å²) in [5, 5.41) is 19.8. The molecule has 0 spiro atoms. The molecule has 0 radical (unpaired) electrons. The number of hydrogen-bond acceptors (Lipinski definition) is 6. The van der Waals surface area contributed by atoms with Gasteiger partial charge in [0.15, 0.2) is 5.69 Å². The van der Waals surface area contributed by atoms with Gasteiger partial charge in [-0.3, -0.25) is 4.90 Å². The van der Waals surface area contributed by atoms with E-state index in [1.807, 2.05) is 0 Å². The zero-order valence-corrected chi connectivity index (χ0v) is 16.2. The van der Waals surface area contributed by atoms with Gasteiger partial charge in [-0.1, -0.05) is 12.1 Å². The van der Waals surface area contributed by atoms with Crippen molar-refractivity contribution in [1.82, 2.24) is 15.1 Å². The van der Waals surface area contributed by atoms with Crippen LogP contribution < -0.4 is 5.32 Å². The van der Waals surface area contributed by atoms with Gasteiger partial charge < -0.3 is 15.2 Å². The molecule has 10 heteroatoms. The largest absolute Gasteiger partial charge is 0.465 e. The molecule has 3 aromatic rings. The van der Waals surface area contributed by atoms with E-state index >= 15 is 0 Å². The van der Waals surface area contributed by atoms with Gasteiger partial charge >= 0.3 is 12.1 Å². The van der Waals surface area contributed by atoms with Crippen molar-refractivity contribution < 1.29 is 28.2 Å². The number of hydrogen-bond donors (Lipinski definition) is 2. The van der Waals surface area contributed by atoms with E-state index in [0.29, 0.717) is 5.69 Å². The van der Waals surface area contributed by atoms with Crippen LogP contribution in [0.4, 0.5) is 25.0 Å². The number of halogens is 2. The summed E-state index contributed by atoms with van der Waals surface area (Å²) in [7, 11) is 1.17. The number of aromatic nitrogens is 2. The number of fused-ring (bicyclic) bond motifs is 1. The third-order valence-electron chi connectivity index (χ3n) is 4.87. The number of ether oxygens (including phenoxy) is 1. The van der Waals surface area contributed by atoms with E-state index in [2.05, 4.69) is 15.5 Å². The number of amides is 1. The van der Waals surface area contributed by atoms with Crippen LogP contribution in [-0.2, 0) is 17.8 Å². The molecule has 1 aliphatic rings. The molecule has 8 nitrogen and oxygen atoms in total. The van der Waals surface area contributed by atoms with Crippen molar-refractivity contribution in [2.45, 2.75) is 13.1 Å². The minimum absolute atomic E-state index is 0.107. The number of esters is 1. The Labute approximate surface area is 175 Å². The lowest BCUT2D eigenvalue weighted by Crippen LogP contribution is -2.22. The van der Waals surface area contributed by atoms with Gasteiger partial charge in [-0.15, -0.1) is 10.2 Å². The van der Waals surface area contributed by atoms with Gasteiger partial charge in [-0.05, 0) is 41.5 Å². The van der Waals surface area contributed by atoms with E-state index in [1.165, 1.54) is 24.1 Å². The molecule has 158 valence electrons. The van der Waals surface area contributed by atoms with Crippen LogP contribution in [0.2, 0.25) is 0 Å². The number of carboxylic acid groups (broad SMARTS) is 1. The molecular weight excluding hydrogens is 410 g/mol. The molecule has 1 aromatic heterocycles. The Balaban J connectivity index is 1.73. The highest BCUT2D eigenvalue weighted by molar-refractivity contribution is 5.95. The summed E-state index contributed by atoms with van der Waals surface area (Å²) < 4.78 is 33.1. The molecule has 0 saturated carbocycles. The van der Waals surface area contributed by atoms with Gasteiger partial charge in [0.25, 0.3) is 0 Å². The maximum absolute atomic E-state index is 14.2. The van der Waals surface area contributed by atoms with Crippen molar-refractivity contribution >= 4 is 23.4 Å². The van der Waals surface area contributed by atoms with Crippen molar-refractivity contribution in [1.29, 1.82) is 0 Å². The quantitative estimate of drug-likeness (QED) is 0.609. The van der Waals surface area contributed by atoms with Crippen LogP contribution in [0.25, 0.3) is 11.3 Å². The molecular formula is C21H16F2N4O4. The molecule has 0 aliphatic carbocycles. The second-order valence-electron chi connectivity index (χ2n) is 6.83. The second-order valence-corrected chi connectivity index (χ2v) is 6.83. The van der Waals surface area contributed by atoms with Crippen molar-refractivity contribution in [3.05, 3.63) is 70.9 Å². The number of carbonyl (C=O) groups is 2. The molecule has 0 bridgehead atoms. The number of rotatable bonds is 4. The lowest BCUT2D eigenvalue weighted by atomic mass is 10.1. The Morgan fingerprint density at radius 1 is 1.06 bits per heavy atom. The third-order valence-corrected chi connectivity index (χ3v) is 4.87. The minimum Gasteiger partial charge on any atom is -0.465 e. The molecule has 0 saturated heterocycles. The smallest absolute Gasteiger partial charge is 0.407 e. The number of carbonyl (C=O) groups excluding carboxylic acids is 1. The highest BCUT2D eigenvalue weighted by atomic mass is 19.1. The zero-order valence-electron chi connectivity index (χ0n) is 16.2. The first-order valence-corrected chi connectivity index (χ1v) is 9.14. The van der Waals surface area contributed by atoms with Crippen molar-refractivity contribution in [3.63, 3.8) is 0 Å². The Hall–Kier alpha value is -4.08. The Bertz CT molecular complexity index is 1180. The molecule has 2 aromatic carbocycles. The predicted octanol–water partition coefficient (Wildman–Crippen LogP) is 3.95. The number of nitrogens with zero attached hydrogens (tertiary/aromatic N) is 3. The molecule has 31 heavy (non-hydrogen) atoms. The van der Waals surface area contributed by atoms with Crippen LogP contribution in [-0.4, -0.2) is 39.4 Å². The van der Waals surface area contributed by atoms with Gasteiger partial charge in [-0.2, -0.15) is 0 Å². The molecule has 2 heterocycles. The third kappa shape index (κ3) is 3.87. The van der Waals surface area contributed by atoms with E-state index in [-0.39, 0.29) is 35.7 Å². The van der Waals surface area contributed by atoms with Gasteiger partial charge in [0.1, 0.15) is 17.3 Å². The van der Waals surface area contributed by atoms with Crippen LogP contribution in [0.5, 0.6) is 0 Å². The summed E-state index contributed by atoms with van der Waals surface area (Å²) in [6.07, 6.45) is -1.02. The molecule has 4 rings (SSSR count). The maximum Gasteiger partial charge on any atom is 0.407 e. The summed E-state index contributed by atoms with van der Waals surface area (Å²) >= 11 is 0. The standard InChI is InChI=1S/C21H16F2N4O4/c1-31-20(28)19-17(8-16(25-26-19)18-14(22)3-2-4-15(18)23)24-13-6-5-11-9-27(21(29)30)10-12(11)7-13/h2-8H,9-10H2,1H3,(H,24,25)(H,29,30). The first-order chi connectivity index (χ1) is 14.9. The van der Waals surface area contributed by atoms with E-state index < -0.39 is 23.7 Å². The molecule has 2 N–H and O–H groups in total. The van der Waals surface area contributed by atoms with Gasteiger partial charge in [0.05, 0.1) is 18.4 Å². The fourth-order valence-electron chi connectivity index (χ4n) is 3.36. The Morgan fingerprint density at radius 2 is 1.77 bits per heavy atom. The van der Waals surface area contributed by atoms with Gasteiger partial charge in [0.2, 0.25) is 0 Å². The fourth-order valence-corrected chi connectivity index (χ4v) is 3.36. The second kappa shape index (κ2) is 7.98. The summed E-state index contributed by atoms with van der Waals surface area (Å²) in [6, 6.07) is 9.93. The van der Waals surface area contributed by atoms with E-state index in [1.54, 1.807) is 18.2 Å². The van der Waals surface area contributed by atoms with Crippen LogP contribution in [0.3, 0.4) is 0 Å². The number of nitrogens with one attached hydrogen (secondary N) is 1. The van der Waals surface area contributed by atoms with Gasteiger partial charge in [-0.25, -0.2) is 18.4 Å². The van der Waals surface area contributed by atoms with Crippen LogP contribution in [0, 0.1) is 11.6 Å². The van der Waals surface area contributed by atoms with Crippen LogP contribution >= 0.6 is 0 Å². The summed E-state index contributed by atoms with van der Waals surface area (Å²) in [5.41, 5.74) is 1.68. The lowest BCUT2D eigenvalue weighted by Gasteiger charge is -2.13. The van der Waals surface area contributed by atoms with Crippen molar-refractivity contribution in [3.8, 4) is 11.3 Å². The van der Waals surface area contributed by atoms with E-state index in [9.17, 15) is 23.5 Å². The Morgan fingerprint density at radius 3 is 2.45 bits per heavy atom. The number of methoxy groups -OCH3 is 1. The van der Waals surface area contributed by atoms with Crippen molar-refractivity contribution in [2.75, 3.05) is 12.4 Å². The van der Waals surface area contributed by atoms with Crippen LogP contribution in [0.15, 0.2) is 42.5 Å². The number of benzene rings is 2. The highest BCUT2D eigenvalue weighted by Crippen LogP contribution is 2.31. The highest BCUT2D eigenvalue weighted by Gasteiger charge is 2.24. The van der Waals surface area contributed by atoms with Gasteiger partial charge in [0, 0.05) is 18.8 Å². The van der Waals surface area contributed by atoms with Crippen LogP contribution in [0.1, 0.15) is 21.6 Å². The maximum atomic E-state index is 14.2. The average molecular weight is 426 g/mol. The molecule has 0 fully saturated rings. The number of anilines is 2. The van der Waals surface area contributed by atoms with E-state index in [0.717, 1.165) is 23.3 Å². The lowest BCUT2D eigenvalue weighted by molar-refractivity contribution is 0.0594. The van der Waals surface area contributed by atoms with E-state index in [4.69, 9.17) is 4.74 Å². The minimum atomic E-state index is -1.02. The summed E-state index contributed by atoms with van der Waals surface area (Å²) in [6.45, 7) is 0.510.